The summed E-state index contributed by atoms with van der Waals surface area (Å²) in [7, 11) is 0. The van der Waals surface area contributed by atoms with Gasteiger partial charge in [-0.05, 0) is 49.5 Å². The van der Waals surface area contributed by atoms with E-state index in [1.54, 1.807) is 11.8 Å². The van der Waals surface area contributed by atoms with Crippen molar-refractivity contribution < 1.29 is 9.59 Å². The van der Waals surface area contributed by atoms with Crippen molar-refractivity contribution in [1.29, 1.82) is 0 Å². The molecule has 0 spiro atoms. The molecule has 6 nitrogen and oxygen atoms in total. The molecule has 0 aliphatic heterocycles. The fraction of sp³-hybridized carbons (Fsp3) is 0.400. The molecule has 1 atom stereocenters. The van der Waals surface area contributed by atoms with E-state index in [1.165, 1.54) is 18.0 Å². The highest BCUT2D eigenvalue weighted by Gasteiger charge is 2.24. The molecule has 2 amide bonds. The Morgan fingerprint density at radius 3 is 2.76 bits per heavy atom. The lowest BCUT2D eigenvalue weighted by Crippen LogP contribution is -2.44. The van der Waals surface area contributed by atoms with Gasteiger partial charge in [0, 0.05) is 11.4 Å². The van der Waals surface area contributed by atoms with Crippen LogP contribution in [0, 0.1) is 6.92 Å². The van der Waals surface area contributed by atoms with Crippen LogP contribution in [0.1, 0.15) is 35.8 Å². The summed E-state index contributed by atoms with van der Waals surface area (Å²) in [5, 5.41) is 6.30. The predicted molar refractivity (Wildman–Crippen MR) is 122 cm³/mol. The Labute approximate surface area is 185 Å². The zero-order chi connectivity index (χ0) is 21.2. The molecule has 2 rings (SSSR count). The lowest BCUT2D eigenvalue weighted by Gasteiger charge is -2.18. The van der Waals surface area contributed by atoms with Crippen molar-refractivity contribution in [2.45, 2.75) is 37.9 Å². The smallest absolute Gasteiger partial charge is 0.272 e. The van der Waals surface area contributed by atoms with Crippen molar-refractivity contribution in [2.75, 3.05) is 23.1 Å². The van der Waals surface area contributed by atoms with E-state index in [2.05, 4.69) is 27.5 Å². The maximum absolute atomic E-state index is 12.8. The molecule has 0 radical (unpaired) electrons. The van der Waals surface area contributed by atoms with E-state index >= 15 is 0 Å². The predicted octanol–water partition coefficient (Wildman–Crippen LogP) is 4.43. The first-order chi connectivity index (χ1) is 13.9. The average molecular weight is 453 g/mol. The number of nitrogens with one attached hydrogen (secondary N) is 2. The number of benzene rings is 1. The maximum Gasteiger partial charge on any atom is 0.272 e. The lowest BCUT2D eigenvalue weighted by molar-refractivity contribution is -0.118. The highest BCUT2D eigenvalue weighted by Crippen LogP contribution is 2.19. The van der Waals surface area contributed by atoms with Gasteiger partial charge in [-0.15, -0.1) is 0 Å². The van der Waals surface area contributed by atoms with Crippen LogP contribution < -0.4 is 10.6 Å². The van der Waals surface area contributed by atoms with Crippen molar-refractivity contribution in [3.8, 4) is 0 Å². The number of rotatable bonds is 10. The van der Waals surface area contributed by atoms with E-state index in [-0.39, 0.29) is 16.6 Å². The molecule has 0 saturated heterocycles. The first-order valence-electron chi connectivity index (χ1n) is 9.27. The van der Waals surface area contributed by atoms with Crippen molar-refractivity contribution in [1.82, 2.24) is 15.3 Å². The van der Waals surface area contributed by atoms with Crippen molar-refractivity contribution in [3.05, 3.63) is 46.7 Å². The molecule has 2 N–H and O–H groups in total. The van der Waals surface area contributed by atoms with Crippen LogP contribution in [-0.4, -0.2) is 45.6 Å². The summed E-state index contributed by atoms with van der Waals surface area (Å²) in [4.78, 5) is 34.0. The highest BCUT2D eigenvalue weighted by atomic mass is 35.5. The second-order valence-corrected chi connectivity index (χ2v) is 8.82. The molecule has 0 fully saturated rings. The van der Waals surface area contributed by atoms with Gasteiger partial charge in [0.1, 0.15) is 6.04 Å². The largest absolute Gasteiger partial charge is 0.339 e. The van der Waals surface area contributed by atoms with Gasteiger partial charge in [-0.3, -0.25) is 9.59 Å². The summed E-state index contributed by atoms with van der Waals surface area (Å²) in [5.74, 6) is 0.809. The van der Waals surface area contributed by atoms with E-state index in [0.717, 1.165) is 23.5 Å². The van der Waals surface area contributed by atoms with Crippen LogP contribution in [0.25, 0.3) is 0 Å². The van der Waals surface area contributed by atoms with Crippen LogP contribution in [-0.2, 0) is 4.79 Å². The summed E-state index contributed by atoms with van der Waals surface area (Å²) in [6, 6.07) is 6.82. The first kappa shape index (κ1) is 23.5. The van der Waals surface area contributed by atoms with Gasteiger partial charge in [-0.2, -0.15) is 11.8 Å². The van der Waals surface area contributed by atoms with Crippen LogP contribution in [0.3, 0.4) is 0 Å². The maximum atomic E-state index is 12.8. The Kier molecular flexibility index (Phi) is 9.76. The van der Waals surface area contributed by atoms with Crippen LogP contribution in [0.5, 0.6) is 0 Å². The molecule has 1 aromatic carbocycles. The van der Waals surface area contributed by atoms with Gasteiger partial charge in [0.05, 0.1) is 11.2 Å². The number of amides is 2. The van der Waals surface area contributed by atoms with Crippen molar-refractivity contribution in [2.24, 2.45) is 0 Å². The number of thioether (sulfide) groups is 2. The standard InChI is InChI=1S/C20H25ClN4O2S2/c1-4-9-29-20-22-12-15(21)17(25-20)19(27)24-16(8-10-28-3)18(26)23-14-7-5-6-13(2)11-14/h5-7,11-12,16H,4,8-10H2,1-3H3,(H,23,26)(H,24,27). The third-order valence-corrected chi connectivity index (χ3v) is 5.88. The van der Waals surface area contributed by atoms with Crippen molar-refractivity contribution >= 4 is 52.6 Å². The monoisotopic (exact) mass is 452 g/mol. The molecular formula is C20H25ClN4O2S2. The average Bonchev–Trinajstić information content (AvgIpc) is 2.70. The second-order valence-electron chi connectivity index (χ2n) is 6.36. The SMILES string of the molecule is CCCSc1ncc(Cl)c(C(=O)NC(CCSC)C(=O)Nc2cccc(C)c2)n1. The van der Waals surface area contributed by atoms with Gasteiger partial charge < -0.3 is 10.6 Å². The molecule has 9 heteroatoms. The number of aryl methyl sites for hydroxylation is 1. The Bertz CT molecular complexity index is 851. The number of anilines is 1. The quantitative estimate of drug-likeness (QED) is 0.409. The van der Waals surface area contributed by atoms with E-state index in [1.807, 2.05) is 37.4 Å². The Balaban J connectivity index is 2.14. The lowest BCUT2D eigenvalue weighted by atomic mass is 10.1. The molecule has 1 heterocycles. The second kappa shape index (κ2) is 12.0. The molecule has 0 saturated carbocycles. The summed E-state index contributed by atoms with van der Waals surface area (Å²) < 4.78 is 0. The van der Waals surface area contributed by atoms with Crippen LogP contribution in [0.15, 0.2) is 35.6 Å². The topological polar surface area (TPSA) is 84.0 Å². The van der Waals surface area contributed by atoms with E-state index in [9.17, 15) is 9.59 Å². The van der Waals surface area contributed by atoms with Crippen LogP contribution in [0.4, 0.5) is 5.69 Å². The third-order valence-electron chi connectivity index (χ3n) is 3.89. The van der Waals surface area contributed by atoms with E-state index < -0.39 is 11.9 Å². The number of carbonyl (C=O) groups is 2. The van der Waals surface area contributed by atoms with Gasteiger partial charge >= 0.3 is 0 Å². The highest BCUT2D eigenvalue weighted by molar-refractivity contribution is 7.99. The van der Waals surface area contributed by atoms with Gasteiger partial charge in [-0.25, -0.2) is 9.97 Å². The molecule has 156 valence electrons. The Morgan fingerprint density at radius 1 is 1.28 bits per heavy atom. The minimum Gasteiger partial charge on any atom is -0.339 e. The number of nitrogens with zero attached hydrogens (tertiary/aromatic N) is 2. The number of hydrogen-bond acceptors (Lipinski definition) is 6. The number of halogens is 1. The zero-order valence-electron chi connectivity index (χ0n) is 16.7. The molecule has 29 heavy (non-hydrogen) atoms. The van der Waals surface area contributed by atoms with E-state index in [0.29, 0.717) is 17.3 Å². The van der Waals surface area contributed by atoms with E-state index in [4.69, 9.17) is 11.6 Å². The molecule has 0 aliphatic carbocycles. The zero-order valence-corrected chi connectivity index (χ0v) is 19.1. The van der Waals surface area contributed by atoms with Gasteiger partial charge in [0.25, 0.3) is 5.91 Å². The minimum absolute atomic E-state index is 0.0813. The van der Waals surface area contributed by atoms with Gasteiger partial charge in [0.2, 0.25) is 5.91 Å². The van der Waals surface area contributed by atoms with Gasteiger partial charge in [0.15, 0.2) is 10.9 Å². The molecule has 0 bridgehead atoms. The molecule has 1 aromatic heterocycles. The summed E-state index contributed by atoms with van der Waals surface area (Å²) in [6.45, 7) is 4.01. The van der Waals surface area contributed by atoms with Crippen LogP contribution >= 0.6 is 35.1 Å². The summed E-state index contributed by atoms with van der Waals surface area (Å²) in [5.41, 5.74) is 1.81. The number of aromatic nitrogens is 2. The fourth-order valence-corrected chi connectivity index (χ4v) is 3.77. The fourth-order valence-electron chi connectivity index (χ4n) is 2.46. The molecule has 1 unspecified atom stereocenters. The number of carbonyl (C=O) groups excluding carboxylic acids is 2. The van der Waals surface area contributed by atoms with Gasteiger partial charge in [-0.1, -0.05) is 42.4 Å². The number of hydrogen-bond donors (Lipinski definition) is 2. The Morgan fingerprint density at radius 2 is 2.07 bits per heavy atom. The van der Waals surface area contributed by atoms with Crippen LogP contribution in [0.2, 0.25) is 5.02 Å². The minimum atomic E-state index is -0.701. The summed E-state index contributed by atoms with van der Waals surface area (Å²) >= 11 is 9.21. The molecule has 2 aromatic rings. The van der Waals surface area contributed by atoms with Crippen molar-refractivity contribution in [3.63, 3.8) is 0 Å². The summed E-state index contributed by atoms with van der Waals surface area (Å²) in [6.07, 6.45) is 4.83. The molecular weight excluding hydrogens is 428 g/mol. The third kappa shape index (κ3) is 7.53. The first-order valence-corrected chi connectivity index (χ1v) is 12.0. The normalized spacial score (nSPS) is 11.7. The molecule has 0 aliphatic rings. The Hall–Kier alpha value is -1.77.